The topological polar surface area (TPSA) is 72.2 Å². The van der Waals surface area contributed by atoms with E-state index in [4.69, 9.17) is 5.73 Å². The fraction of sp³-hybridized carbons (Fsp3) is 0.231. The summed E-state index contributed by atoms with van der Waals surface area (Å²) in [6.45, 7) is 3.81. The largest absolute Gasteiger partial charge is 0.398 e. The normalized spacial score (nSPS) is 13.3. The van der Waals surface area contributed by atoms with E-state index in [1.807, 2.05) is 26.0 Å². The Hall–Kier alpha value is -0.890. The second-order valence-corrected chi connectivity index (χ2v) is 8.39. The minimum absolute atomic E-state index is 0.0980. The summed E-state index contributed by atoms with van der Waals surface area (Å²) in [7, 11) is -3.64. The molecule has 1 unspecified atom stereocenters. The molecule has 1 atom stereocenters. The van der Waals surface area contributed by atoms with Gasteiger partial charge in [0.1, 0.15) is 4.90 Å². The first-order valence-corrected chi connectivity index (χ1v) is 9.02. The maximum atomic E-state index is 12.4. The zero-order valence-electron chi connectivity index (χ0n) is 11.1. The van der Waals surface area contributed by atoms with E-state index < -0.39 is 10.0 Å². The molecule has 0 saturated carbocycles. The maximum Gasteiger partial charge on any atom is 0.243 e. The molecule has 0 amide bonds. The third kappa shape index (κ3) is 3.41. The molecular weight excluding hydrogens is 360 g/mol. The third-order valence-corrected chi connectivity index (χ3v) is 6.07. The van der Waals surface area contributed by atoms with Gasteiger partial charge in [0.25, 0.3) is 0 Å². The van der Waals surface area contributed by atoms with Gasteiger partial charge in [-0.3, -0.25) is 0 Å². The first-order chi connectivity index (χ1) is 9.29. The van der Waals surface area contributed by atoms with Crippen molar-refractivity contribution in [3.63, 3.8) is 0 Å². The van der Waals surface area contributed by atoms with E-state index in [-0.39, 0.29) is 16.6 Å². The molecule has 2 rings (SSSR count). The molecule has 2 aromatic rings. The number of rotatable bonds is 4. The molecule has 4 nitrogen and oxygen atoms in total. The lowest BCUT2D eigenvalue weighted by atomic mass is 10.3. The molecule has 0 aliphatic heterocycles. The van der Waals surface area contributed by atoms with Crippen LogP contribution < -0.4 is 10.5 Å². The number of anilines is 1. The van der Waals surface area contributed by atoms with Gasteiger partial charge in [0, 0.05) is 14.2 Å². The number of hydrogen-bond acceptors (Lipinski definition) is 4. The molecule has 1 aromatic heterocycles. The molecule has 1 heterocycles. The molecule has 3 N–H and O–H groups in total. The van der Waals surface area contributed by atoms with Crippen molar-refractivity contribution in [3.05, 3.63) is 44.6 Å². The van der Waals surface area contributed by atoms with Crippen molar-refractivity contribution in [2.45, 2.75) is 24.8 Å². The molecule has 0 bridgehead atoms. The van der Waals surface area contributed by atoms with E-state index in [1.54, 1.807) is 23.5 Å². The zero-order chi connectivity index (χ0) is 14.9. The summed E-state index contributed by atoms with van der Waals surface area (Å²) in [5.41, 5.74) is 6.00. The quantitative estimate of drug-likeness (QED) is 0.805. The van der Waals surface area contributed by atoms with Crippen LogP contribution in [0.3, 0.4) is 0 Å². The van der Waals surface area contributed by atoms with Crippen molar-refractivity contribution < 1.29 is 8.42 Å². The van der Waals surface area contributed by atoms with E-state index in [1.165, 1.54) is 6.07 Å². The number of nitrogens with two attached hydrogens (primary N) is 1. The van der Waals surface area contributed by atoms with Gasteiger partial charge in [-0.25, -0.2) is 13.1 Å². The monoisotopic (exact) mass is 374 g/mol. The second kappa shape index (κ2) is 5.85. The second-order valence-electron chi connectivity index (χ2n) is 4.47. The molecule has 0 spiro atoms. The van der Waals surface area contributed by atoms with Gasteiger partial charge in [-0.05, 0) is 44.2 Å². The van der Waals surface area contributed by atoms with Crippen LogP contribution in [0.4, 0.5) is 5.69 Å². The lowest BCUT2D eigenvalue weighted by Gasteiger charge is -2.14. The van der Waals surface area contributed by atoms with Crippen molar-refractivity contribution in [1.29, 1.82) is 0 Å². The van der Waals surface area contributed by atoms with Crippen LogP contribution in [-0.2, 0) is 10.0 Å². The summed E-state index contributed by atoms with van der Waals surface area (Å²) in [6, 6.07) is 8.34. The molecule has 0 saturated heterocycles. The summed E-state index contributed by atoms with van der Waals surface area (Å²) < 4.78 is 28.1. The van der Waals surface area contributed by atoms with E-state index in [0.717, 1.165) is 14.2 Å². The lowest BCUT2D eigenvalue weighted by Crippen LogP contribution is -2.27. The van der Waals surface area contributed by atoms with Crippen LogP contribution in [0.1, 0.15) is 22.7 Å². The number of thiophene rings is 1. The van der Waals surface area contributed by atoms with Crippen LogP contribution in [0, 0.1) is 6.92 Å². The van der Waals surface area contributed by atoms with E-state index >= 15 is 0 Å². The van der Waals surface area contributed by atoms with Crippen LogP contribution in [0.2, 0.25) is 0 Å². The predicted molar refractivity (Wildman–Crippen MR) is 86.3 cm³/mol. The summed E-state index contributed by atoms with van der Waals surface area (Å²) in [4.78, 5) is 2.22. The average molecular weight is 375 g/mol. The van der Waals surface area contributed by atoms with Crippen LogP contribution in [-0.4, -0.2) is 8.42 Å². The Bertz CT molecular complexity index is 726. The number of nitrogen functional groups attached to an aromatic ring is 1. The van der Waals surface area contributed by atoms with Crippen molar-refractivity contribution in [1.82, 2.24) is 4.72 Å². The Morgan fingerprint density at radius 1 is 1.30 bits per heavy atom. The summed E-state index contributed by atoms with van der Waals surface area (Å²) in [5, 5.41) is 0. The predicted octanol–water partition coefficient (Wildman–Crippen LogP) is 3.44. The number of benzene rings is 1. The fourth-order valence-corrected chi connectivity index (χ4v) is 4.47. The van der Waals surface area contributed by atoms with Gasteiger partial charge in [0.05, 0.1) is 11.7 Å². The van der Waals surface area contributed by atoms with Crippen LogP contribution >= 0.6 is 27.3 Å². The highest BCUT2D eigenvalue weighted by atomic mass is 79.9. The highest BCUT2D eigenvalue weighted by Gasteiger charge is 2.21. The molecule has 1 aromatic carbocycles. The molecule has 7 heteroatoms. The maximum absolute atomic E-state index is 12.4. The Balaban J connectivity index is 2.27. The smallest absolute Gasteiger partial charge is 0.243 e. The van der Waals surface area contributed by atoms with E-state index in [2.05, 4.69) is 20.7 Å². The highest BCUT2D eigenvalue weighted by molar-refractivity contribution is 9.10. The van der Waals surface area contributed by atoms with Gasteiger partial charge < -0.3 is 5.73 Å². The molecular formula is C13H15BrN2O2S2. The Morgan fingerprint density at radius 2 is 2.00 bits per heavy atom. The summed E-state index contributed by atoms with van der Waals surface area (Å²) in [5.74, 6) is 0. The highest BCUT2D eigenvalue weighted by Crippen LogP contribution is 2.27. The summed E-state index contributed by atoms with van der Waals surface area (Å²) >= 11 is 4.83. The van der Waals surface area contributed by atoms with Crippen LogP contribution in [0.5, 0.6) is 0 Å². The van der Waals surface area contributed by atoms with Crippen LogP contribution in [0.25, 0.3) is 0 Å². The molecule has 0 radical (unpaired) electrons. The number of sulfonamides is 1. The van der Waals surface area contributed by atoms with Crippen molar-refractivity contribution in [2.75, 3.05) is 5.73 Å². The molecule has 0 aliphatic rings. The average Bonchev–Trinajstić information content (AvgIpc) is 2.74. The minimum atomic E-state index is -3.64. The van der Waals surface area contributed by atoms with Crippen molar-refractivity contribution >= 4 is 43.0 Å². The Morgan fingerprint density at radius 3 is 2.55 bits per heavy atom. The zero-order valence-corrected chi connectivity index (χ0v) is 14.3. The molecule has 20 heavy (non-hydrogen) atoms. The molecule has 108 valence electrons. The number of halogens is 1. The minimum Gasteiger partial charge on any atom is -0.398 e. The van der Waals surface area contributed by atoms with Gasteiger partial charge in [-0.15, -0.1) is 11.3 Å². The van der Waals surface area contributed by atoms with Gasteiger partial charge >= 0.3 is 0 Å². The lowest BCUT2D eigenvalue weighted by molar-refractivity contribution is 0.569. The first-order valence-electron chi connectivity index (χ1n) is 5.93. The third-order valence-electron chi connectivity index (χ3n) is 2.78. The van der Waals surface area contributed by atoms with Crippen molar-refractivity contribution in [3.8, 4) is 0 Å². The Labute approximate surface area is 131 Å². The number of aryl methyl sites for hydroxylation is 1. The summed E-state index contributed by atoms with van der Waals surface area (Å²) in [6.07, 6.45) is 0. The van der Waals surface area contributed by atoms with Crippen LogP contribution in [0.15, 0.2) is 39.7 Å². The molecule has 0 aliphatic carbocycles. The number of hydrogen-bond donors (Lipinski definition) is 2. The van der Waals surface area contributed by atoms with Gasteiger partial charge in [-0.2, -0.15) is 0 Å². The van der Waals surface area contributed by atoms with Gasteiger partial charge in [0.2, 0.25) is 10.0 Å². The standard InChI is InChI=1S/C13H15BrN2O2S2/c1-8-3-5-12(19-8)9(2)16-20(17,18)13-6-4-10(14)7-11(13)15/h3-7,9,16H,15H2,1-2H3. The van der Waals surface area contributed by atoms with Gasteiger partial charge in [0.15, 0.2) is 0 Å². The number of nitrogens with one attached hydrogen (secondary N) is 1. The van der Waals surface area contributed by atoms with E-state index in [9.17, 15) is 8.42 Å². The van der Waals surface area contributed by atoms with E-state index in [0.29, 0.717) is 0 Å². The fourth-order valence-electron chi connectivity index (χ4n) is 1.80. The first kappa shape index (κ1) is 15.5. The van der Waals surface area contributed by atoms with Crippen molar-refractivity contribution in [2.24, 2.45) is 0 Å². The van der Waals surface area contributed by atoms with Gasteiger partial charge in [-0.1, -0.05) is 15.9 Å². The Kier molecular flexibility index (Phi) is 4.53. The SMILES string of the molecule is Cc1ccc(C(C)NS(=O)(=O)c2ccc(Br)cc2N)s1. The molecule has 0 fully saturated rings.